The molecule has 0 unspecified atom stereocenters. The van der Waals surface area contributed by atoms with Gasteiger partial charge in [-0.3, -0.25) is 19.0 Å². The van der Waals surface area contributed by atoms with E-state index in [1.165, 1.54) is 0 Å². The van der Waals surface area contributed by atoms with E-state index < -0.39 is 6.43 Å². The molecule has 0 aliphatic carbocycles. The molecule has 1 saturated heterocycles. The van der Waals surface area contributed by atoms with Gasteiger partial charge in [0.05, 0.1) is 18.8 Å². The summed E-state index contributed by atoms with van der Waals surface area (Å²) in [4.78, 5) is 28.3. The van der Waals surface area contributed by atoms with Gasteiger partial charge in [0.1, 0.15) is 0 Å². The summed E-state index contributed by atoms with van der Waals surface area (Å²) < 4.78 is 32.3. The van der Waals surface area contributed by atoms with E-state index in [9.17, 15) is 18.4 Å². The second-order valence-corrected chi connectivity index (χ2v) is 10.4. The van der Waals surface area contributed by atoms with Gasteiger partial charge in [0, 0.05) is 80.7 Å². The first kappa shape index (κ1) is 24.6. The van der Waals surface area contributed by atoms with Gasteiger partial charge in [0.2, 0.25) is 11.8 Å². The number of piperidine rings is 1. The number of aromatic nitrogens is 4. The molecule has 6 rings (SSSR count). The highest BCUT2D eigenvalue weighted by Gasteiger charge is 2.34. The summed E-state index contributed by atoms with van der Waals surface area (Å²) in [7, 11) is 1.77. The van der Waals surface area contributed by atoms with Gasteiger partial charge in [0.25, 0.3) is 6.43 Å². The average Bonchev–Trinajstić information content (AvgIpc) is 3.50. The topological polar surface area (TPSA) is 88.3 Å². The quantitative estimate of drug-likeness (QED) is 0.564. The third-order valence-electron chi connectivity index (χ3n) is 7.95. The summed E-state index contributed by atoms with van der Waals surface area (Å²) in [6.45, 7) is 3.80. The largest absolute Gasteiger partial charge is 0.356 e. The van der Waals surface area contributed by atoms with Gasteiger partial charge in [-0.05, 0) is 42.5 Å². The monoisotopic (exact) mass is 523 g/mol. The molecular formula is C27H31F2N7O2. The predicted molar refractivity (Wildman–Crippen MR) is 137 cm³/mol. The van der Waals surface area contributed by atoms with Crippen molar-refractivity contribution in [3.63, 3.8) is 0 Å². The van der Waals surface area contributed by atoms with Crippen LogP contribution in [0.15, 0.2) is 24.5 Å². The maximum atomic E-state index is 14.4. The fraction of sp³-hybridized carbons (Fsp3) is 0.481. The second-order valence-electron chi connectivity index (χ2n) is 10.4. The number of carbonyl (C=O) groups is 2. The van der Waals surface area contributed by atoms with Crippen molar-refractivity contribution in [2.24, 2.45) is 7.05 Å². The molecule has 0 bridgehead atoms. The molecule has 1 fully saturated rings. The van der Waals surface area contributed by atoms with Gasteiger partial charge in [-0.2, -0.15) is 10.2 Å². The fourth-order valence-corrected chi connectivity index (χ4v) is 6.05. The Kier molecular flexibility index (Phi) is 6.16. The summed E-state index contributed by atoms with van der Waals surface area (Å²) >= 11 is 0. The first-order valence-electron chi connectivity index (χ1n) is 13.1. The molecule has 3 aliphatic heterocycles. The molecule has 0 saturated carbocycles. The minimum absolute atomic E-state index is 0.000969. The van der Waals surface area contributed by atoms with Crippen LogP contribution in [0.4, 0.5) is 20.3 Å². The van der Waals surface area contributed by atoms with Crippen LogP contribution in [0.25, 0.3) is 11.1 Å². The molecule has 5 heterocycles. The van der Waals surface area contributed by atoms with E-state index in [0.29, 0.717) is 56.0 Å². The van der Waals surface area contributed by atoms with E-state index in [2.05, 4.69) is 10.4 Å². The van der Waals surface area contributed by atoms with Crippen molar-refractivity contribution >= 4 is 23.3 Å². The van der Waals surface area contributed by atoms with E-state index >= 15 is 0 Å². The number of carbonyl (C=O) groups excluding carboxylic acids is 2. The minimum atomic E-state index is -2.65. The molecule has 1 atom stereocenters. The van der Waals surface area contributed by atoms with Crippen molar-refractivity contribution < 1.29 is 18.4 Å². The van der Waals surface area contributed by atoms with E-state index in [0.717, 1.165) is 41.8 Å². The minimum Gasteiger partial charge on any atom is -0.356 e. The van der Waals surface area contributed by atoms with Crippen LogP contribution in [-0.2, 0) is 36.0 Å². The zero-order valence-electron chi connectivity index (χ0n) is 21.6. The van der Waals surface area contributed by atoms with Crippen molar-refractivity contribution in [3.05, 3.63) is 46.9 Å². The molecule has 2 amide bonds. The Morgan fingerprint density at radius 1 is 1.21 bits per heavy atom. The van der Waals surface area contributed by atoms with Gasteiger partial charge < -0.3 is 15.1 Å². The van der Waals surface area contributed by atoms with Crippen LogP contribution in [0.1, 0.15) is 61.0 Å². The maximum absolute atomic E-state index is 14.4. The molecule has 1 aromatic carbocycles. The number of halogens is 2. The fourth-order valence-electron chi connectivity index (χ4n) is 6.05. The molecule has 200 valence electrons. The highest BCUT2D eigenvalue weighted by atomic mass is 19.3. The van der Waals surface area contributed by atoms with Crippen molar-refractivity contribution in [3.8, 4) is 11.1 Å². The molecule has 2 aromatic heterocycles. The number of nitrogens with one attached hydrogen (secondary N) is 1. The number of hydrogen-bond acceptors (Lipinski definition) is 5. The third kappa shape index (κ3) is 4.23. The Hall–Kier alpha value is -3.76. The van der Waals surface area contributed by atoms with Gasteiger partial charge in [-0.15, -0.1) is 0 Å². The smallest absolute Gasteiger partial charge is 0.264 e. The number of alkyl halides is 2. The van der Waals surface area contributed by atoms with Crippen LogP contribution in [-0.4, -0.2) is 55.9 Å². The summed E-state index contributed by atoms with van der Waals surface area (Å²) in [6, 6.07) is 3.41. The Morgan fingerprint density at radius 3 is 2.76 bits per heavy atom. The number of aryl methyl sites for hydroxylation is 2. The SMILES string of the molecule is CC(=O)N1CCc2c(c(N3CCCc4cc(-c5cnn(C)c5)c(C(F)F)cc43)nn2[C@@H]2CCNC(=O)C2)C1. The highest BCUT2D eigenvalue weighted by molar-refractivity contribution is 5.79. The number of amides is 2. The van der Waals surface area contributed by atoms with Crippen molar-refractivity contribution in [1.29, 1.82) is 0 Å². The molecule has 11 heteroatoms. The lowest BCUT2D eigenvalue weighted by Crippen LogP contribution is -2.37. The maximum Gasteiger partial charge on any atom is 0.264 e. The number of fused-ring (bicyclic) bond motifs is 2. The van der Waals surface area contributed by atoms with Crippen LogP contribution in [0, 0.1) is 0 Å². The molecular weight excluding hydrogens is 492 g/mol. The summed E-state index contributed by atoms with van der Waals surface area (Å²) in [5.74, 6) is 0.694. The first-order chi connectivity index (χ1) is 18.3. The van der Waals surface area contributed by atoms with Gasteiger partial charge in [-0.25, -0.2) is 8.78 Å². The number of anilines is 2. The number of nitrogens with zero attached hydrogens (tertiary/aromatic N) is 6. The number of hydrogen-bond donors (Lipinski definition) is 1. The summed E-state index contributed by atoms with van der Waals surface area (Å²) in [6.07, 6.45) is 4.10. The molecule has 1 N–H and O–H groups in total. The Morgan fingerprint density at radius 2 is 2.05 bits per heavy atom. The van der Waals surface area contributed by atoms with Crippen LogP contribution < -0.4 is 10.2 Å². The van der Waals surface area contributed by atoms with Crippen molar-refractivity contribution in [2.45, 2.75) is 58.0 Å². The zero-order valence-corrected chi connectivity index (χ0v) is 21.6. The van der Waals surface area contributed by atoms with E-state index in [1.54, 1.807) is 42.0 Å². The Balaban J connectivity index is 1.47. The lowest BCUT2D eigenvalue weighted by molar-refractivity contribution is -0.129. The lowest BCUT2D eigenvalue weighted by atomic mass is 9.92. The standard InChI is InChI=1S/C27H31F2N7O2/c1-16(37)34-9-6-23-22(15-34)27(32-36(23)19-5-7-30-25(38)11-19)35-8-3-4-17-10-20(18-13-31-33(2)14-18)21(26(28)29)12-24(17)35/h10,12-14,19,26H,3-9,11,15H2,1-2H3,(H,30,38)/t19-/m1/s1. The van der Waals surface area contributed by atoms with E-state index in [4.69, 9.17) is 5.10 Å². The summed E-state index contributed by atoms with van der Waals surface area (Å²) in [5, 5.41) is 12.1. The zero-order chi connectivity index (χ0) is 26.6. The van der Waals surface area contributed by atoms with Crippen LogP contribution in [0.3, 0.4) is 0 Å². The third-order valence-corrected chi connectivity index (χ3v) is 7.95. The average molecular weight is 524 g/mol. The molecule has 3 aromatic rings. The molecule has 0 radical (unpaired) electrons. The Labute approximate surface area is 219 Å². The van der Waals surface area contributed by atoms with Gasteiger partial charge >= 0.3 is 0 Å². The van der Waals surface area contributed by atoms with Gasteiger partial charge in [0.15, 0.2) is 5.82 Å². The van der Waals surface area contributed by atoms with Crippen LogP contribution in [0.5, 0.6) is 0 Å². The second kappa shape index (κ2) is 9.52. The molecule has 0 spiro atoms. The van der Waals surface area contributed by atoms with Crippen molar-refractivity contribution in [1.82, 2.24) is 29.8 Å². The van der Waals surface area contributed by atoms with Crippen LogP contribution >= 0.6 is 0 Å². The number of rotatable bonds is 4. The Bertz CT molecular complexity index is 1410. The predicted octanol–water partition coefficient (Wildman–Crippen LogP) is 3.66. The summed E-state index contributed by atoms with van der Waals surface area (Å²) in [5.41, 5.74) is 4.82. The van der Waals surface area contributed by atoms with E-state index in [-0.39, 0.29) is 23.4 Å². The number of benzene rings is 1. The van der Waals surface area contributed by atoms with Crippen LogP contribution in [0.2, 0.25) is 0 Å². The van der Waals surface area contributed by atoms with Gasteiger partial charge in [-0.1, -0.05) is 0 Å². The molecule has 38 heavy (non-hydrogen) atoms. The molecule has 9 nitrogen and oxygen atoms in total. The molecule has 3 aliphatic rings. The van der Waals surface area contributed by atoms with E-state index in [1.807, 2.05) is 15.6 Å². The normalized spacial score (nSPS) is 19.4. The highest BCUT2D eigenvalue weighted by Crippen LogP contribution is 2.43. The van der Waals surface area contributed by atoms with Crippen molar-refractivity contribution in [2.75, 3.05) is 24.5 Å². The first-order valence-corrected chi connectivity index (χ1v) is 13.1. The lowest BCUT2D eigenvalue weighted by Gasteiger charge is -2.33.